The Labute approximate surface area is 99.4 Å². The van der Waals surface area contributed by atoms with Gasteiger partial charge in [-0.25, -0.2) is 4.39 Å². The predicted octanol–water partition coefficient (Wildman–Crippen LogP) is 2.84. The zero-order chi connectivity index (χ0) is 12.3. The number of rotatable bonds is 4. The summed E-state index contributed by atoms with van der Waals surface area (Å²) < 4.78 is 18.3. The molecule has 0 spiro atoms. The number of halogens is 1. The van der Waals surface area contributed by atoms with E-state index in [1.807, 2.05) is 19.1 Å². The average molecular weight is 234 g/mol. The summed E-state index contributed by atoms with van der Waals surface area (Å²) in [7, 11) is 0. The van der Waals surface area contributed by atoms with Crippen molar-refractivity contribution in [3.8, 4) is 0 Å². The summed E-state index contributed by atoms with van der Waals surface area (Å²) in [5, 5.41) is 3.20. The highest BCUT2D eigenvalue weighted by molar-refractivity contribution is 5.44. The van der Waals surface area contributed by atoms with Crippen LogP contribution in [0.2, 0.25) is 0 Å². The first-order chi connectivity index (χ1) is 8.19. The molecule has 3 nitrogen and oxygen atoms in total. The highest BCUT2D eigenvalue weighted by Crippen LogP contribution is 2.20. The smallest absolute Gasteiger partial charge is 0.127 e. The fraction of sp³-hybridized carbons (Fsp3) is 0.231. The van der Waals surface area contributed by atoms with Crippen LogP contribution >= 0.6 is 0 Å². The van der Waals surface area contributed by atoms with Crippen molar-refractivity contribution in [2.75, 3.05) is 11.9 Å². The largest absolute Gasteiger partial charge is 0.464 e. The molecule has 0 amide bonds. The molecule has 4 heteroatoms. The predicted molar refractivity (Wildman–Crippen MR) is 65.3 cm³/mol. The Balaban J connectivity index is 2.12. The van der Waals surface area contributed by atoms with Gasteiger partial charge in [0.05, 0.1) is 6.04 Å². The molecule has 1 aromatic heterocycles. The van der Waals surface area contributed by atoms with Gasteiger partial charge < -0.3 is 15.5 Å². The Morgan fingerprint density at radius 1 is 1.24 bits per heavy atom. The molecule has 17 heavy (non-hydrogen) atoms. The monoisotopic (exact) mass is 234 g/mol. The molecule has 0 aliphatic carbocycles. The Hall–Kier alpha value is -1.81. The topological polar surface area (TPSA) is 51.2 Å². The molecule has 1 atom stereocenters. The second kappa shape index (κ2) is 5.01. The van der Waals surface area contributed by atoms with Gasteiger partial charge in [-0.3, -0.25) is 0 Å². The van der Waals surface area contributed by atoms with Crippen LogP contribution in [0.15, 0.2) is 40.8 Å². The molecule has 1 aromatic carbocycles. The first kappa shape index (κ1) is 11.7. The minimum atomic E-state index is -0.256. The van der Waals surface area contributed by atoms with Crippen LogP contribution in [0.3, 0.4) is 0 Å². The number of benzene rings is 1. The van der Waals surface area contributed by atoms with E-state index in [9.17, 15) is 4.39 Å². The fourth-order valence-corrected chi connectivity index (χ4v) is 1.63. The third-order valence-electron chi connectivity index (χ3n) is 2.53. The van der Waals surface area contributed by atoms with Crippen molar-refractivity contribution in [2.24, 2.45) is 5.73 Å². The molecule has 0 saturated carbocycles. The van der Waals surface area contributed by atoms with Crippen molar-refractivity contribution in [1.29, 1.82) is 0 Å². The molecule has 2 rings (SSSR count). The molecule has 0 aliphatic heterocycles. The van der Waals surface area contributed by atoms with E-state index in [1.54, 1.807) is 12.1 Å². The maximum absolute atomic E-state index is 12.8. The highest BCUT2D eigenvalue weighted by Gasteiger charge is 2.12. The van der Waals surface area contributed by atoms with Crippen molar-refractivity contribution in [3.05, 3.63) is 53.7 Å². The molecule has 1 unspecified atom stereocenters. The molecule has 0 fully saturated rings. The Kier molecular flexibility index (Phi) is 3.44. The summed E-state index contributed by atoms with van der Waals surface area (Å²) in [5.41, 5.74) is 6.51. The van der Waals surface area contributed by atoms with Gasteiger partial charge in [-0.15, -0.1) is 0 Å². The van der Waals surface area contributed by atoms with Gasteiger partial charge in [0.25, 0.3) is 0 Å². The number of anilines is 1. The Morgan fingerprint density at radius 3 is 2.47 bits per heavy atom. The summed E-state index contributed by atoms with van der Waals surface area (Å²) in [6.07, 6.45) is 0. The minimum absolute atomic E-state index is 0.103. The summed E-state index contributed by atoms with van der Waals surface area (Å²) >= 11 is 0. The van der Waals surface area contributed by atoms with Crippen molar-refractivity contribution in [1.82, 2.24) is 0 Å². The molecule has 0 radical (unpaired) electrons. The van der Waals surface area contributed by atoms with Gasteiger partial charge in [0, 0.05) is 12.2 Å². The normalized spacial score (nSPS) is 12.4. The van der Waals surface area contributed by atoms with E-state index in [2.05, 4.69) is 5.32 Å². The van der Waals surface area contributed by atoms with Crippen molar-refractivity contribution in [2.45, 2.75) is 13.0 Å². The summed E-state index contributed by atoms with van der Waals surface area (Å²) in [4.78, 5) is 0. The third kappa shape index (κ3) is 2.85. The number of furan rings is 1. The van der Waals surface area contributed by atoms with Crippen molar-refractivity contribution < 1.29 is 8.81 Å². The van der Waals surface area contributed by atoms with E-state index in [1.165, 1.54) is 12.1 Å². The van der Waals surface area contributed by atoms with Gasteiger partial charge in [0.1, 0.15) is 17.3 Å². The van der Waals surface area contributed by atoms with Crippen LogP contribution in [0.25, 0.3) is 0 Å². The number of hydrogen-bond donors (Lipinski definition) is 2. The average Bonchev–Trinajstić information content (AvgIpc) is 2.75. The standard InChI is InChI=1S/C13H15FN2O/c1-9-2-7-13(17-9)12(8-15)16-11-5-3-10(14)4-6-11/h2-7,12,16H,8,15H2,1H3. The quantitative estimate of drug-likeness (QED) is 0.855. The molecule has 1 heterocycles. The van der Waals surface area contributed by atoms with E-state index in [0.717, 1.165) is 17.2 Å². The van der Waals surface area contributed by atoms with Gasteiger partial charge in [0.15, 0.2) is 0 Å². The molecular formula is C13H15FN2O. The first-order valence-electron chi connectivity index (χ1n) is 5.47. The summed E-state index contributed by atoms with van der Waals surface area (Å²) in [5.74, 6) is 1.38. The highest BCUT2D eigenvalue weighted by atomic mass is 19.1. The molecule has 2 aromatic rings. The van der Waals surface area contributed by atoms with Crippen LogP contribution in [0.4, 0.5) is 10.1 Å². The zero-order valence-corrected chi connectivity index (χ0v) is 9.61. The van der Waals surface area contributed by atoms with E-state index in [0.29, 0.717) is 6.54 Å². The minimum Gasteiger partial charge on any atom is -0.464 e. The second-order valence-corrected chi connectivity index (χ2v) is 3.89. The maximum atomic E-state index is 12.8. The number of nitrogens with two attached hydrogens (primary N) is 1. The number of nitrogens with one attached hydrogen (secondary N) is 1. The van der Waals surface area contributed by atoms with Crippen LogP contribution in [0.5, 0.6) is 0 Å². The number of aryl methyl sites for hydroxylation is 1. The Bertz CT molecular complexity index is 478. The second-order valence-electron chi connectivity index (χ2n) is 3.89. The van der Waals surface area contributed by atoms with Crippen LogP contribution in [-0.4, -0.2) is 6.54 Å². The lowest BCUT2D eigenvalue weighted by Crippen LogP contribution is -2.20. The first-order valence-corrected chi connectivity index (χ1v) is 5.47. The number of hydrogen-bond acceptors (Lipinski definition) is 3. The molecule has 0 bridgehead atoms. The summed E-state index contributed by atoms with van der Waals surface area (Å²) in [6.45, 7) is 2.29. The van der Waals surface area contributed by atoms with E-state index < -0.39 is 0 Å². The van der Waals surface area contributed by atoms with E-state index >= 15 is 0 Å². The van der Waals surface area contributed by atoms with E-state index in [-0.39, 0.29) is 11.9 Å². The zero-order valence-electron chi connectivity index (χ0n) is 9.61. The lowest BCUT2D eigenvalue weighted by atomic mass is 10.2. The molecule has 3 N–H and O–H groups in total. The van der Waals surface area contributed by atoms with Crippen LogP contribution in [0, 0.1) is 12.7 Å². The van der Waals surface area contributed by atoms with Crippen LogP contribution < -0.4 is 11.1 Å². The van der Waals surface area contributed by atoms with Crippen LogP contribution in [-0.2, 0) is 0 Å². The molecule has 90 valence electrons. The van der Waals surface area contributed by atoms with Gasteiger partial charge in [-0.05, 0) is 43.3 Å². The van der Waals surface area contributed by atoms with Crippen molar-refractivity contribution in [3.63, 3.8) is 0 Å². The molecular weight excluding hydrogens is 219 g/mol. The van der Waals surface area contributed by atoms with Gasteiger partial charge in [-0.2, -0.15) is 0 Å². The van der Waals surface area contributed by atoms with Gasteiger partial charge >= 0.3 is 0 Å². The Morgan fingerprint density at radius 2 is 1.94 bits per heavy atom. The van der Waals surface area contributed by atoms with Gasteiger partial charge in [-0.1, -0.05) is 0 Å². The van der Waals surface area contributed by atoms with Crippen LogP contribution in [0.1, 0.15) is 17.6 Å². The third-order valence-corrected chi connectivity index (χ3v) is 2.53. The lowest BCUT2D eigenvalue weighted by Gasteiger charge is -2.15. The van der Waals surface area contributed by atoms with Gasteiger partial charge in [0.2, 0.25) is 0 Å². The van der Waals surface area contributed by atoms with E-state index in [4.69, 9.17) is 10.2 Å². The fourth-order valence-electron chi connectivity index (χ4n) is 1.63. The summed E-state index contributed by atoms with van der Waals surface area (Å²) in [6, 6.07) is 9.84. The maximum Gasteiger partial charge on any atom is 0.127 e. The molecule has 0 aliphatic rings. The molecule has 0 saturated heterocycles. The lowest BCUT2D eigenvalue weighted by molar-refractivity contribution is 0.459. The van der Waals surface area contributed by atoms with Crippen molar-refractivity contribution >= 4 is 5.69 Å². The SMILES string of the molecule is Cc1ccc(C(CN)Nc2ccc(F)cc2)o1.